The van der Waals surface area contributed by atoms with Gasteiger partial charge < -0.3 is 9.80 Å². The molecule has 0 spiro atoms. The van der Waals surface area contributed by atoms with E-state index >= 15 is 0 Å². The van der Waals surface area contributed by atoms with Gasteiger partial charge in [0.25, 0.3) is 0 Å². The van der Waals surface area contributed by atoms with Crippen molar-refractivity contribution in [3.8, 4) is 22.6 Å². The smallest absolute Gasteiger partial charge is 0.163 e. The standard InChI is InChI=1S/C19H20N6/c1-24-8-10-25(11-9-24)18-12-17(15-4-2-6-20-13-15)22-19(23-18)16-5-3-7-21-14-16/h2-7,12-14H,8-11H2,1H3. The quantitative estimate of drug-likeness (QED) is 0.734. The average Bonchev–Trinajstić information content (AvgIpc) is 2.69. The van der Waals surface area contributed by atoms with Crippen LogP contribution in [0.1, 0.15) is 0 Å². The third-order valence-corrected chi connectivity index (χ3v) is 4.42. The zero-order valence-electron chi connectivity index (χ0n) is 14.2. The van der Waals surface area contributed by atoms with E-state index < -0.39 is 0 Å². The molecule has 0 atom stereocenters. The number of hydrogen-bond donors (Lipinski definition) is 0. The molecule has 1 aliphatic heterocycles. The topological polar surface area (TPSA) is 58.0 Å². The minimum absolute atomic E-state index is 0.698. The first-order chi connectivity index (χ1) is 12.3. The van der Waals surface area contributed by atoms with Crippen molar-refractivity contribution in [2.75, 3.05) is 38.1 Å². The zero-order chi connectivity index (χ0) is 17.1. The summed E-state index contributed by atoms with van der Waals surface area (Å²) in [7, 11) is 2.15. The molecule has 25 heavy (non-hydrogen) atoms. The monoisotopic (exact) mass is 332 g/mol. The molecular weight excluding hydrogens is 312 g/mol. The van der Waals surface area contributed by atoms with Gasteiger partial charge in [0, 0.05) is 68.2 Å². The molecule has 6 nitrogen and oxygen atoms in total. The van der Waals surface area contributed by atoms with Crippen LogP contribution in [0.25, 0.3) is 22.6 Å². The number of anilines is 1. The van der Waals surface area contributed by atoms with Crippen molar-refractivity contribution in [1.82, 2.24) is 24.8 Å². The van der Waals surface area contributed by atoms with Crippen LogP contribution >= 0.6 is 0 Å². The van der Waals surface area contributed by atoms with Crippen molar-refractivity contribution in [2.24, 2.45) is 0 Å². The van der Waals surface area contributed by atoms with Crippen LogP contribution in [0, 0.1) is 0 Å². The van der Waals surface area contributed by atoms with E-state index in [2.05, 4.69) is 32.9 Å². The summed E-state index contributed by atoms with van der Waals surface area (Å²) in [6.07, 6.45) is 7.17. The highest BCUT2D eigenvalue weighted by Gasteiger charge is 2.18. The van der Waals surface area contributed by atoms with Crippen LogP contribution < -0.4 is 4.90 Å². The van der Waals surface area contributed by atoms with Crippen molar-refractivity contribution in [3.63, 3.8) is 0 Å². The van der Waals surface area contributed by atoms with E-state index in [1.807, 2.05) is 30.5 Å². The van der Waals surface area contributed by atoms with Crippen LogP contribution in [-0.4, -0.2) is 58.1 Å². The highest BCUT2D eigenvalue weighted by atomic mass is 15.3. The molecule has 1 aliphatic rings. The lowest BCUT2D eigenvalue weighted by atomic mass is 10.1. The molecule has 0 aliphatic carbocycles. The van der Waals surface area contributed by atoms with Gasteiger partial charge in [0.15, 0.2) is 5.82 Å². The third kappa shape index (κ3) is 3.49. The van der Waals surface area contributed by atoms with Crippen molar-refractivity contribution in [2.45, 2.75) is 0 Å². The lowest BCUT2D eigenvalue weighted by Gasteiger charge is -2.33. The predicted octanol–water partition coefficient (Wildman–Crippen LogP) is 2.35. The van der Waals surface area contributed by atoms with Crippen LogP contribution in [-0.2, 0) is 0 Å². The largest absolute Gasteiger partial charge is 0.354 e. The Balaban J connectivity index is 1.78. The van der Waals surface area contributed by atoms with Gasteiger partial charge in [-0.2, -0.15) is 0 Å². The first kappa shape index (κ1) is 15.7. The number of pyridine rings is 2. The molecule has 0 unspecified atom stereocenters. The Morgan fingerprint density at radius 2 is 1.52 bits per heavy atom. The van der Waals surface area contributed by atoms with Crippen molar-refractivity contribution < 1.29 is 0 Å². The van der Waals surface area contributed by atoms with Crippen molar-refractivity contribution in [1.29, 1.82) is 0 Å². The second-order valence-electron chi connectivity index (χ2n) is 6.21. The molecule has 3 aromatic rings. The Bertz CT molecular complexity index is 771. The molecule has 0 radical (unpaired) electrons. The Kier molecular flexibility index (Phi) is 4.35. The van der Waals surface area contributed by atoms with Gasteiger partial charge in [-0.15, -0.1) is 0 Å². The van der Waals surface area contributed by atoms with Crippen LogP contribution in [0.3, 0.4) is 0 Å². The fraction of sp³-hybridized carbons (Fsp3) is 0.263. The maximum absolute atomic E-state index is 4.81. The molecule has 1 saturated heterocycles. The molecule has 0 N–H and O–H groups in total. The minimum atomic E-state index is 0.698. The van der Waals surface area contributed by atoms with Gasteiger partial charge in [-0.1, -0.05) is 0 Å². The second-order valence-corrected chi connectivity index (χ2v) is 6.21. The normalized spacial score (nSPS) is 15.3. The summed E-state index contributed by atoms with van der Waals surface area (Å²) in [6, 6.07) is 9.91. The van der Waals surface area contributed by atoms with Crippen molar-refractivity contribution in [3.05, 3.63) is 55.1 Å². The summed E-state index contributed by atoms with van der Waals surface area (Å²) in [4.78, 5) is 22.7. The molecule has 0 bridgehead atoms. The Labute approximate surface area is 147 Å². The van der Waals surface area contributed by atoms with E-state index in [1.165, 1.54) is 0 Å². The Hall–Kier alpha value is -2.86. The molecule has 126 valence electrons. The third-order valence-electron chi connectivity index (χ3n) is 4.42. The average molecular weight is 332 g/mol. The molecule has 4 heterocycles. The van der Waals surface area contributed by atoms with E-state index in [4.69, 9.17) is 9.97 Å². The summed E-state index contributed by atoms with van der Waals surface area (Å²) in [5.74, 6) is 1.66. The maximum Gasteiger partial charge on any atom is 0.163 e. The van der Waals surface area contributed by atoms with Gasteiger partial charge in [0.2, 0.25) is 0 Å². The highest BCUT2D eigenvalue weighted by Crippen LogP contribution is 2.25. The molecule has 1 fully saturated rings. The van der Waals surface area contributed by atoms with Crippen LogP contribution in [0.5, 0.6) is 0 Å². The fourth-order valence-electron chi connectivity index (χ4n) is 2.92. The molecular formula is C19H20N6. The summed E-state index contributed by atoms with van der Waals surface area (Å²) in [5.41, 5.74) is 2.80. The van der Waals surface area contributed by atoms with E-state index in [0.29, 0.717) is 5.82 Å². The van der Waals surface area contributed by atoms with E-state index in [1.54, 1.807) is 18.6 Å². The van der Waals surface area contributed by atoms with Crippen molar-refractivity contribution >= 4 is 5.82 Å². The van der Waals surface area contributed by atoms with Gasteiger partial charge in [0.05, 0.1) is 5.69 Å². The molecule has 3 aromatic heterocycles. The molecule has 0 aromatic carbocycles. The summed E-state index contributed by atoms with van der Waals surface area (Å²) < 4.78 is 0. The van der Waals surface area contributed by atoms with Gasteiger partial charge in [-0.25, -0.2) is 9.97 Å². The van der Waals surface area contributed by atoms with Crippen LogP contribution in [0.15, 0.2) is 55.1 Å². The van der Waals surface area contributed by atoms with E-state index in [9.17, 15) is 0 Å². The van der Waals surface area contributed by atoms with Gasteiger partial charge in [0.1, 0.15) is 5.82 Å². The number of piperazine rings is 1. The SMILES string of the molecule is CN1CCN(c2cc(-c3cccnc3)nc(-c3cccnc3)n2)CC1. The summed E-state index contributed by atoms with van der Waals surface area (Å²) in [6.45, 7) is 4.00. The Morgan fingerprint density at radius 1 is 0.840 bits per heavy atom. The maximum atomic E-state index is 4.81. The van der Waals surface area contributed by atoms with Gasteiger partial charge >= 0.3 is 0 Å². The summed E-state index contributed by atoms with van der Waals surface area (Å²) in [5, 5.41) is 0. The predicted molar refractivity (Wildman–Crippen MR) is 98.2 cm³/mol. The van der Waals surface area contributed by atoms with Gasteiger partial charge in [-0.3, -0.25) is 9.97 Å². The lowest BCUT2D eigenvalue weighted by Crippen LogP contribution is -2.44. The summed E-state index contributed by atoms with van der Waals surface area (Å²) >= 11 is 0. The van der Waals surface area contributed by atoms with Gasteiger partial charge in [-0.05, 0) is 31.3 Å². The molecule has 4 rings (SSSR count). The van der Waals surface area contributed by atoms with Crippen LogP contribution in [0.2, 0.25) is 0 Å². The first-order valence-electron chi connectivity index (χ1n) is 8.43. The minimum Gasteiger partial charge on any atom is -0.354 e. The number of hydrogen-bond acceptors (Lipinski definition) is 6. The molecule has 6 heteroatoms. The number of rotatable bonds is 3. The zero-order valence-corrected chi connectivity index (χ0v) is 14.2. The lowest BCUT2D eigenvalue weighted by molar-refractivity contribution is 0.312. The van der Waals surface area contributed by atoms with E-state index in [0.717, 1.165) is 48.8 Å². The molecule has 0 saturated carbocycles. The highest BCUT2D eigenvalue weighted by molar-refractivity contribution is 5.67. The Morgan fingerprint density at radius 3 is 2.16 bits per heavy atom. The molecule has 0 amide bonds. The van der Waals surface area contributed by atoms with E-state index in [-0.39, 0.29) is 0 Å². The second kappa shape index (κ2) is 6.94. The number of likely N-dealkylation sites (N-methyl/N-ethyl adjacent to an activating group) is 1. The van der Waals surface area contributed by atoms with Crippen LogP contribution in [0.4, 0.5) is 5.82 Å². The number of aromatic nitrogens is 4. The number of nitrogens with zero attached hydrogens (tertiary/aromatic N) is 6. The first-order valence-corrected chi connectivity index (χ1v) is 8.43. The fourth-order valence-corrected chi connectivity index (χ4v) is 2.92.